The van der Waals surface area contributed by atoms with Gasteiger partial charge in [0.05, 0.1) is 4.90 Å². The fourth-order valence-electron chi connectivity index (χ4n) is 2.81. The van der Waals surface area contributed by atoms with Gasteiger partial charge in [-0.15, -0.1) is 0 Å². The molecule has 1 aromatic rings. The number of piperazine rings is 1. The Labute approximate surface area is 151 Å². The molecule has 140 valence electrons. The summed E-state index contributed by atoms with van der Waals surface area (Å²) in [5.74, 6) is 0.374. The van der Waals surface area contributed by atoms with E-state index in [9.17, 15) is 13.2 Å². The highest BCUT2D eigenvalue weighted by atomic mass is 32.2. The lowest BCUT2D eigenvalue weighted by atomic mass is 10.1. The average Bonchev–Trinajstić information content (AvgIpc) is 2.60. The van der Waals surface area contributed by atoms with E-state index in [0.717, 1.165) is 26.1 Å². The van der Waals surface area contributed by atoms with Crippen molar-refractivity contribution in [1.82, 2.24) is 9.21 Å². The Balaban J connectivity index is 2.05. The molecule has 1 amide bonds. The maximum absolute atomic E-state index is 12.8. The lowest BCUT2D eigenvalue weighted by molar-refractivity contribution is -0.116. The third-order valence-electron chi connectivity index (χ3n) is 4.48. The average molecular weight is 368 g/mol. The van der Waals surface area contributed by atoms with E-state index in [0.29, 0.717) is 31.1 Å². The van der Waals surface area contributed by atoms with E-state index in [4.69, 9.17) is 0 Å². The molecule has 0 aliphatic carbocycles. The van der Waals surface area contributed by atoms with Crippen LogP contribution < -0.4 is 5.32 Å². The van der Waals surface area contributed by atoms with Crippen LogP contribution in [-0.4, -0.2) is 56.3 Å². The van der Waals surface area contributed by atoms with Crippen molar-refractivity contribution in [2.45, 2.75) is 38.5 Å². The van der Waals surface area contributed by atoms with Gasteiger partial charge in [0.25, 0.3) is 0 Å². The van der Waals surface area contributed by atoms with E-state index in [1.807, 2.05) is 0 Å². The zero-order valence-electron chi connectivity index (χ0n) is 15.4. The number of likely N-dealkylation sites (N-methyl/N-ethyl adjacent to an activating group) is 1. The van der Waals surface area contributed by atoms with Gasteiger partial charge in [0.1, 0.15) is 0 Å². The number of carbonyl (C=O) groups is 1. The SMILES string of the molecule is CCN1CCN(S(=O)(=O)c2cccc(NC(=O)CCC(C)C)c2)CC1. The molecule has 6 nitrogen and oxygen atoms in total. The van der Waals surface area contributed by atoms with Gasteiger partial charge in [-0.3, -0.25) is 4.79 Å². The van der Waals surface area contributed by atoms with Crippen molar-refractivity contribution in [3.63, 3.8) is 0 Å². The van der Waals surface area contributed by atoms with Crippen LogP contribution in [0.1, 0.15) is 33.6 Å². The fourth-order valence-corrected chi connectivity index (χ4v) is 4.28. The summed E-state index contributed by atoms with van der Waals surface area (Å²) < 4.78 is 27.2. The molecule has 0 spiro atoms. The minimum atomic E-state index is -3.52. The summed E-state index contributed by atoms with van der Waals surface area (Å²) in [5, 5.41) is 2.80. The van der Waals surface area contributed by atoms with E-state index < -0.39 is 10.0 Å². The van der Waals surface area contributed by atoms with Crippen LogP contribution in [0.5, 0.6) is 0 Å². The monoisotopic (exact) mass is 367 g/mol. The van der Waals surface area contributed by atoms with Gasteiger partial charge in [0.2, 0.25) is 15.9 Å². The predicted molar refractivity (Wildman–Crippen MR) is 100 cm³/mol. The van der Waals surface area contributed by atoms with Crippen molar-refractivity contribution < 1.29 is 13.2 Å². The molecule has 0 bridgehead atoms. The Hall–Kier alpha value is -1.44. The zero-order chi connectivity index (χ0) is 18.4. The summed E-state index contributed by atoms with van der Waals surface area (Å²) in [4.78, 5) is 14.4. The highest BCUT2D eigenvalue weighted by molar-refractivity contribution is 7.89. The normalized spacial score (nSPS) is 17.0. The Morgan fingerprint density at radius 2 is 1.88 bits per heavy atom. The quantitative estimate of drug-likeness (QED) is 0.803. The molecular formula is C18H29N3O3S. The Morgan fingerprint density at radius 3 is 2.48 bits per heavy atom. The molecule has 0 saturated carbocycles. The number of amides is 1. The second kappa shape index (κ2) is 8.78. The largest absolute Gasteiger partial charge is 0.326 e. The first-order valence-corrected chi connectivity index (χ1v) is 10.4. The predicted octanol–water partition coefficient (Wildman–Crippen LogP) is 2.39. The van der Waals surface area contributed by atoms with Gasteiger partial charge < -0.3 is 10.2 Å². The number of hydrogen-bond donors (Lipinski definition) is 1. The molecule has 25 heavy (non-hydrogen) atoms. The number of nitrogens with zero attached hydrogens (tertiary/aromatic N) is 2. The van der Waals surface area contributed by atoms with Crippen molar-refractivity contribution in [3.8, 4) is 0 Å². The third kappa shape index (κ3) is 5.52. The molecule has 7 heteroatoms. The number of rotatable bonds is 7. The minimum absolute atomic E-state index is 0.0835. The van der Waals surface area contributed by atoms with Gasteiger partial charge in [0.15, 0.2) is 0 Å². The Bertz CT molecular complexity index is 681. The van der Waals surface area contributed by atoms with Crippen LogP contribution in [0.25, 0.3) is 0 Å². The second-order valence-corrected chi connectivity index (χ2v) is 8.78. The lowest BCUT2D eigenvalue weighted by Crippen LogP contribution is -2.48. The molecule has 1 aromatic carbocycles. The van der Waals surface area contributed by atoms with Crippen LogP contribution in [0.3, 0.4) is 0 Å². The molecule has 1 saturated heterocycles. The van der Waals surface area contributed by atoms with Crippen molar-refractivity contribution in [3.05, 3.63) is 24.3 Å². The smallest absolute Gasteiger partial charge is 0.243 e. The molecule has 1 aliphatic heterocycles. The summed E-state index contributed by atoms with van der Waals surface area (Å²) in [5.41, 5.74) is 0.530. The van der Waals surface area contributed by atoms with E-state index in [1.165, 1.54) is 4.31 Å². The standard InChI is InChI=1S/C18H29N3O3S/c1-4-20-10-12-21(13-11-20)25(23,24)17-7-5-6-16(14-17)19-18(22)9-8-15(2)3/h5-7,14-15H,4,8-13H2,1-3H3,(H,19,22). The van der Waals surface area contributed by atoms with E-state index >= 15 is 0 Å². The Kier molecular flexibility index (Phi) is 6.98. The van der Waals surface area contributed by atoms with E-state index in [1.54, 1.807) is 24.3 Å². The van der Waals surface area contributed by atoms with Crippen LogP contribution in [0, 0.1) is 5.92 Å². The summed E-state index contributed by atoms with van der Waals surface area (Å²) in [6.07, 6.45) is 1.25. The van der Waals surface area contributed by atoms with E-state index in [-0.39, 0.29) is 10.8 Å². The van der Waals surface area contributed by atoms with Gasteiger partial charge in [-0.05, 0) is 37.1 Å². The molecule has 2 rings (SSSR count). The molecule has 0 radical (unpaired) electrons. The molecule has 1 N–H and O–H groups in total. The van der Waals surface area contributed by atoms with Crippen LogP contribution in [0.2, 0.25) is 0 Å². The first kappa shape index (κ1) is 19.9. The lowest BCUT2D eigenvalue weighted by Gasteiger charge is -2.33. The first-order valence-electron chi connectivity index (χ1n) is 8.95. The van der Waals surface area contributed by atoms with Gasteiger partial charge in [-0.1, -0.05) is 26.8 Å². The molecule has 1 fully saturated rings. The molecule has 0 unspecified atom stereocenters. The fraction of sp³-hybridized carbons (Fsp3) is 0.611. The van der Waals surface area contributed by atoms with Gasteiger partial charge >= 0.3 is 0 Å². The van der Waals surface area contributed by atoms with Crippen molar-refractivity contribution in [2.75, 3.05) is 38.0 Å². The topological polar surface area (TPSA) is 69.7 Å². The number of sulfonamides is 1. The number of carbonyl (C=O) groups excluding carboxylic acids is 1. The highest BCUT2D eigenvalue weighted by Gasteiger charge is 2.28. The Morgan fingerprint density at radius 1 is 1.20 bits per heavy atom. The number of benzene rings is 1. The molecule has 1 aliphatic rings. The van der Waals surface area contributed by atoms with Crippen LogP contribution in [-0.2, 0) is 14.8 Å². The highest BCUT2D eigenvalue weighted by Crippen LogP contribution is 2.21. The van der Waals surface area contributed by atoms with Crippen LogP contribution in [0.4, 0.5) is 5.69 Å². The van der Waals surface area contributed by atoms with Crippen molar-refractivity contribution in [2.24, 2.45) is 5.92 Å². The van der Waals surface area contributed by atoms with Crippen LogP contribution >= 0.6 is 0 Å². The van der Waals surface area contributed by atoms with Crippen molar-refractivity contribution >= 4 is 21.6 Å². The second-order valence-electron chi connectivity index (χ2n) is 6.85. The summed E-state index contributed by atoms with van der Waals surface area (Å²) in [7, 11) is -3.52. The van der Waals surface area contributed by atoms with E-state index in [2.05, 4.69) is 31.0 Å². The maximum Gasteiger partial charge on any atom is 0.243 e. The van der Waals surface area contributed by atoms with Crippen molar-refractivity contribution in [1.29, 1.82) is 0 Å². The summed E-state index contributed by atoms with van der Waals surface area (Å²) in [6, 6.07) is 6.54. The molecule has 1 heterocycles. The molecule has 0 atom stereocenters. The minimum Gasteiger partial charge on any atom is -0.326 e. The number of hydrogen-bond acceptors (Lipinski definition) is 4. The number of anilines is 1. The maximum atomic E-state index is 12.8. The summed E-state index contributed by atoms with van der Waals surface area (Å²) >= 11 is 0. The zero-order valence-corrected chi connectivity index (χ0v) is 16.2. The van der Waals surface area contributed by atoms with Gasteiger partial charge in [-0.2, -0.15) is 4.31 Å². The molecular weight excluding hydrogens is 338 g/mol. The summed E-state index contributed by atoms with van der Waals surface area (Å²) in [6.45, 7) is 9.66. The number of nitrogens with one attached hydrogen (secondary N) is 1. The first-order chi connectivity index (χ1) is 11.8. The van der Waals surface area contributed by atoms with Gasteiger partial charge in [-0.25, -0.2) is 8.42 Å². The van der Waals surface area contributed by atoms with Crippen LogP contribution in [0.15, 0.2) is 29.2 Å². The molecule has 0 aromatic heterocycles. The van der Waals surface area contributed by atoms with Gasteiger partial charge in [0, 0.05) is 38.3 Å². The third-order valence-corrected chi connectivity index (χ3v) is 6.38.